The molecule has 0 fully saturated rings. The number of unbranched alkanes of at least 4 members (excludes halogenated alkanes) is 1. The fourth-order valence-corrected chi connectivity index (χ4v) is 2.60. The molecule has 1 aromatic rings. The molecule has 0 aromatic heterocycles. The molecule has 1 rings (SSSR count). The number of hydrogen-bond acceptors (Lipinski definition) is 4. The maximum absolute atomic E-state index is 11.9. The van der Waals surface area contributed by atoms with Crippen molar-refractivity contribution >= 4 is 15.7 Å². The van der Waals surface area contributed by atoms with Gasteiger partial charge >= 0.3 is 0 Å². The van der Waals surface area contributed by atoms with Crippen molar-refractivity contribution in [3.05, 3.63) is 29.8 Å². The van der Waals surface area contributed by atoms with Gasteiger partial charge in [0, 0.05) is 13.5 Å². The van der Waals surface area contributed by atoms with E-state index in [0.717, 1.165) is 0 Å². The van der Waals surface area contributed by atoms with E-state index in [-0.39, 0.29) is 12.2 Å². The van der Waals surface area contributed by atoms with Gasteiger partial charge in [0.1, 0.15) is 0 Å². The summed E-state index contributed by atoms with van der Waals surface area (Å²) in [7, 11) is -1.94. The summed E-state index contributed by atoms with van der Waals surface area (Å²) in [6, 6.07) is 10.2. The minimum atomic E-state index is -3.41. The van der Waals surface area contributed by atoms with Crippen molar-refractivity contribution in [2.75, 3.05) is 17.1 Å². The molecule has 0 atom stereocenters. The Labute approximate surface area is 107 Å². The van der Waals surface area contributed by atoms with Gasteiger partial charge in [0.05, 0.1) is 29.1 Å². The summed E-state index contributed by atoms with van der Waals surface area (Å²) in [4.78, 5) is 0. The first-order valence-corrected chi connectivity index (χ1v) is 6.96. The Morgan fingerprint density at radius 3 is 2.33 bits per heavy atom. The number of hydrogen-bond donors (Lipinski definition) is 0. The lowest BCUT2D eigenvalue weighted by Gasteiger charge is -2.19. The lowest BCUT2D eigenvalue weighted by atomic mass is 10.2. The van der Waals surface area contributed by atoms with Gasteiger partial charge in [-0.1, -0.05) is 0 Å². The van der Waals surface area contributed by atoms with E-state index in [2.05, 4.69) is 0 Å². The molecule has 0 heterocycles. The van der Waals surface area contributed by atoms with Crippen LogP contribution < -0.4 is 4.31 Å². The Morgan fingerprint density at radius 1 is 1.22 bits per heavy atom. The second-order valence-electron chi connectivity index (χ2n) is 3.70. The Morgan fingerprint density at radius 2 is 1.83 bits per heavy atom. The minimum Gasteiger partial charge on any atom is -0.273 e. The standard InChI is InChI=1S/C12H13N3O2S/c1-15(18(16,17)9-3-2-8-13)12-6-4-11(10-14)5-7-12/h4-7H,2-3,9H2,1H3. The minimum absolute atomic E-state index is 0.0585. The molecule has 0 spiro atoms. The molecule has 0 amide bonds. The molecule has 0 aliphatic heterocycles. The van der Waals surface area contributed by atoms with Crippen LogP contribution in [0.3, 0.4) is 0 Å². The predicted octanol–water partition coefficient (Wildman–Crippen LogP) is 1.63. The van der Waals surface area contributed by atoms with Crippen LogP contribution in [0.2, 0.25) is 0 Å². The summed E-state index contributed by atoms with van der Waals surface area (Å²) in [6.45, 7) is 0. The Balaban J connectivity index is 2.82. The molecule has 0 aliphatic rings. The van der Waals surface area contributed by atoms with E-state index < -0.39 is 10.0 Å². The summed E-state index contributed by atoms with van der Waals surface area (Å²) in [5, 5.41) is 17.0. The fourth-order valence-electron chi connectivity index (χ4n) is 1.38. The molecule has 1 aromatic carbocycles. The van der Waals surface area contributed by atoms with Gasteiger partial charge in [0.25, 0.3) is 0 Å². The van der Waals surface area contributed by atoms with Crippen LogP contribution in [0, 0.1) is 22.7 Å². The molecule has 0 aliphatic carbocycles. The summed E-state index contributed by atoms with van der Waals surface area (Å²) >= 11 is 0. The van der Waals surface area contributed by atoms with Gasteiger partial charge in [-0.15, -0.1) is 0 Å². The first-order valence-electron chi connectivity index (χ1n) is 5.35. The topological polar surface area (TPSA) is 85.0 Å². The summed E-state index contributed by atoms with van der Waals surface area (Å²) in [6.07, 6.45) is 0.542. The zero-order valence-corrected chi connectivity index (χ0v) is 10.8. The second-order valence-corrected chi connectivity index (χ2v) is 5.82. The van der Waals surface area contributed by atoms with Crippen molar-refractivity contribution in [2.24, 2.45) is 0 Å². The molecule has 0 saturated heterocycles. The number of anilines is 1. The molecule has 0 bridgehead atoms. The third kappa shape index (κ3) is 3.47. The molecule has 6 heteroatoms. The Bertz CT molecular complexity index is 579. The van der Waals surface area contributed by atoms with E-state index in [1.807, 2.05) is 12.1 Å². The number of rotatable bonds is 5. The van der Waals surface area contributed by atoms with Gasteiger partial charge in [-0.25, -0.2) is 8.42 Å². The van der Waals surface area contributed by atoms with Crippen LogP contribution in [-0.4, -0.2) is 21.2 Å². The van der Waals surface area contributed by atoms with Crippen molar-refractivity contribution < 1.29 is 8.42 Å². The highest BCUT2D eigenvalue weighted by Gasteiger charge is 2.17. The highest BCUT2D eigenvalue weighted by atomic mass is 32.2. The van der Waals surface area contributed by atoms with Crippen molar-refractivity contribution in [3.63, 3.8) is 0 Å². The highest BCUT2D eigenvalue weighted by Crippen LogP contribution is 2.17. The summed E-state index contributed by atoms with van der Waals surface area (Å²) in [5.41, 5.74) is 0.986. The van der Waals surface area contributed by atoms with Gasteiger partial charge in [0.2, 0.25) is 10.0 Å². The molecular formula is C12H13N3O2S. The third-order valence-corrected chi connectivity index (χ3v) is 4.32. The van der Waals surface area contributed by atoms with Crippen molar-refractivity contribution in [1.29, 1.82) is 10.5 Å². The number of nitriles is 2. The monoisotopic (exact) mass is 263 g/mol. The largest absolute Gasteiger partial charge is 0.273 e. The van der Waals surface area contributed by atoms with E-state index in [9.17, 15) is 8.42 Å². The maximum atomic E-state index is 11.9. The molecule has 0 unspecified atom stereocenters. The number of nitrogens with zero attached hydrogens (tertiary/aromatic N) is 3. The zero-order valence-electron chi connectivity index (χ0n) is 10.00. The molecule has 0 radical (unpaired) electrons. The SMILES string of the molecule is CN(c1ccc(C#N)cc1)S(=O)(=O)CCCC#N. The molecule has 5 nitrogen and oxygen atoms in total. The molecular weight excluding hydrogens is 250 g/mol. The first kappa shape index (κ1) is 14.0. The van der Waals surface area contributed by atoms with Gasteiger partial charge in [-0.2, -0.15) is 10.5 Å². The number of sulfonamides is 1. The summed E-state index contributed by atoms with van der Waals surface area (Å²) < 4.78 is 25.0. The van der Waals surface area contributed by atoms with Crippen LogP contribution in [0.1, 0.15) is 18.4 Å². The van der Waals surface area contributed by atoms with Gasteiger partial charge in [0.15, 0.2) is 0 Å². The first-order chi connectivity index (χ1) is 8.51. The number of benzene rings is 1. The maximum Gasteiger partial charge on any atom is 0.234 e. The quantitative estimate of drug-likeness (QED) is 0.755. The smallest absolute Gasteiger partial charge is 0.234 e. The van der Waals surface area contributed by atoms with E-state index in [1.54, 1.807) is 24.3 Å². The van der Waals surface area contributed by atoms with E-state index in [4.69, 9.17) is 10.5 Å². The second kappa shape index (κ2) is 6.04. The van der Waals surface area contributed by atoms with Crippen molar-refractivity contribution in [2.45, 2.75) is 12.8 Å². The zero-order chi connectivity index (χ0) is 13.6. The van der Waals surface area contributed by atoms with Crippen LogP contribution >= 0.6 is 0 Å². The third-order valence-electron chi connectivity index (χ3n) is 2.47. The highest BCUT2D eigenvalue weighted by molar-refractivity contribution is 7.92. The molecule has 0 saturated carbocycles. The lowest BCUT2D eigenvalue weighted by Crippen LogP contribution is -2.28. The average Bonchev–Trinajstić information content (AvgIpc) is 2.38. The molecule has 18 heavy (non-hydrogen) atoms. The van der Waals surface area contributed by atoms with E-state index >= 15 is 0 Å². The molecule has 0 N–H and O–H groups in total. The average molecular weight is 263 g/mol. The van der Waals surface area contributed by atoms with Gasteiger partial charge in [-0.3, -0.25) is 4.31 Å². The van der Waals surface area contributed by atoms with Crippen LogP contribution in [0.25, 0.3) is 0 Å². The van der Waals surface area contributed by atoms with E-state index in [1.165, 1.54) is 11.4 Å². The molecule has 94 valence electrons. The van der Waals surface area contributed by atoms with Crippen molar-refractivity contribution in [1.82, 2.24) is 0 Å². The summed E-state index contributed by atoms with van der Waals surface area (Å²) in [5.74, 6) is -0.0585. The van der Waals surface area contributed by atoms with Crippen LogP contribution in [0.15, 0.2) is 24.3 Å². The normalized spacial score (nSPS) is 10.4. The Hall–Kier alpha value is -2.05. The van der Waals surface area contributed by atoms with E-state index in [0.29, 0.717) is 17.7 Å². The fraction of sp³-hybridized carbons (Fsp3) is 0.333. The Kier molecular flexibility index (Phi) is 4.70. The lowest BCUT2D eigenvalue weighted by molar-refractivity contribution is 0.592. The van der Waals surface area contributed by atoms with Gasteiger partial charge in [-0.05, 0) is 30.7 Å². The van der Waals surface area contributed by atoms with Crippen molar-refractivity contribution in [3.8, 4) is 12.1 Å². The van der Waals surface area contributed by atoms with Crippen LogP contribution in [-0.2, 0) is 10.0 Å². The van der Waals surface area contributed by atoms with Crippen LogP contribution in [0.5, 0.6) is 0 Å². The van der Waals surface area contributed by atoms with Gasteiger partial charge < -0.3 is 0 Å². The predicted molar refractivity (Wildman–Crippen MR) is 68.2 cm³/mol. The van der Waals surface area contributed by atoms with Crippen LogP contribution in [0.4, 0.5) is 5.69 Å².